The van der Waals surface area contributed by atoms with Crippen LogP contribution in [0.15, 0.2) is 29.2 Å². The SMILES string of the molecule is CC(C)NC(=O)CSc1ccccc1C(=O)OCc1nc(N)nc(N)n1. The summed E-state index contributed by atoms with van der Waals surface area (Å²) in [4.78, 5) is 36.1. The van der Waals surface area contributed by atoms with Crippen molar-refractivity contribution in [2.24, 2.45) is 0 Å². The van der Waals surface area contributed by atoms with Crippen LogP contribution in [0.1, 0.15) is 30.0 Å². The molecule has 1 amide bonds. The number of carbonyl (C=O) groups excluding carboxylic acids is 2. The van der Waals surface area contributed by atoms with Crippen molar-refractivity contribution in [1.29, 1.82) is 0 Å². The molecule has 0 saturated carbocycles. The quantitative estimate of drug-likeness (QED) is 0.476. The summed E-state index contributed by atoms with van der Waals surface area (Å²) in [5.74, 6) is -0.404. The third-order valence-corrected chi connectivity index (χ3v) is 4.04. The smallest absolute Gasteiger partial charge is 0.339 e. The summed E-state index contributed by atoms with van der Waals surface area (Å²) < 4.78 is 5.22. The zero-order valence-electron chi connectivity index (χ0n) is 14.4. The molecule has 1 heterocycles. The predicted molar refractivity (Wildman–Crippen MR) is 98.2 cm³/mol. The van der Waals surface area contributed by atoms with Crippen LogP contribution in [0.4, 0.5) is 11.9 Å². The summed E-state index contributed by atoms with van der Waals surface area (Å²) >= 11 is 1.26. The van der Waals surface area contributed by atoms with Gasteiger partial charge in [0.25, 0.3) is 0 Å². The fraction of sp³-hybridized carbons (Fsp3) is 0.312. The maximum Gasteiger partial charge on any atom is 0.339 e. The van der Waals surface area contributed by atoms with Crippen LogP contribution in [-0.2, 0) is 16.1 Å². The molecule has 138 valence electrons. The van der Waals surface area contributed by atoms with Gasteiger partial charge in [0.2, 0.25) is 17.8 Å². The summed E-state index contributed by atoms with van der Waals surface area (Å²) in [6.07, 6.45) is 0. The van der Waals surface area contributed by atoms with E-state index in [2.05, 4.69) is 20.3 Å². The van der Waals surface area contributed by atoms with Gasteiger partial charge in [0.1, 0.15) is 0 Å². The molecule has 2 aromatic rings. The van der Waals surface area contributed by atoms with Crippen molar-refractivity contribution < 1.29 is 14.3 Å². The Labute approximate surface area is 154 Å². The number of esters is 1. The molecule has 1 aromatic heterocycles. The molecular formula is C16H20N6O3S. The fourth-order valence-electron chi connectivity index (χ4n) is 2.00. The second-order valence-corrected chi connectivity index (χ2v) is 6.57. The molecule has 0 saturated heterocycles. The topological polar surface area (TPSA) is 146 Å². The first-order valence-corrected chi connectivity index (χ1v) is 8.78. The number of hydrogen-bond donors (Lipinski definition) is 3. The number of benzene rings is 1. The van der Waals surface area contributed by atoms with Gasteiger partial charge in [0.15, 0.2) is 12.4 Å². The number of carbonyl (C=O) groups is 2. The van der Waals surface area contributed by atoms with Crippen LogP contribution in [0, 0.1) is 0 Å². The first-order chi connectivity index (χ1) is 12.3. The standard InChI is InChI=1S/C16H20N6O3S/c1-9(2)19-13(23)8-26-11-6-4-3-5-10(11)14(24)25-7-12-20-15(17)22-16(18)21-12/h3-6,9H,7-8H2,1-2H3,(H,19,23)(H4,17,18,20,21,22). The van der Waals surface area contributed by atoms with Gasteiger partial charge >= 0.3 is 5.97 Å². The van der Waals surface area contributed by atoms with E-state index in [1.54, 1.807) is 24.3 Å². The van der Waals surface area contributed by atoms with Crippen LogP contribution in [-0.4, -0.2) is 38.6 Å². The van der Waals surface area contributed by atoms with E-state index in [1.165, 1.54) is 11.8 Å². The number of hydrogen-bond acceptors (Lipinski definition) is 9. The average Bonchev–Trinajstić information content (AvgIpc) is 2.56. The van der Waals surface area contributed by atoms with Crippen molar-refractivity contribution in [1.82, 2.24) is 20.3 Å². The number of nitrogens with zero attached hydrogens (tertiary/aromatic N) is 3. The second kappa shape index (κ2) is 8.99. The van der Waals surface area contributed by atoms with E-state index in [9.17, 15) is 9.59 Å². The molecule has 1 aromatic carbocycles. The van der Waals surface area contributed by atoms with Crippen LogP contribution in [0.5, 0.6) is 0 Å². The summed E-state index contributed by atoms with van der Waals surface area (Å²) in [5.41, 5.74) is 11.3. The Bertz CT molecular complexity index is 779. The molecule has 0 bridgehead atoms. The molecule has 5 N–H and O–H groups in total. The van der Waals surface area contributed by atoms with Crippen molar-refractivity contribution in [2.75, 3.05) is 17.2 Å². The molecule has 0 unspecified atom stereocenters. The van der Waals surface area contributed by atoms with Gasteiger partial charge < -0.3 is 21.5 Å². The molecule has 0 aliphatic heterocycles. The Kier molecular flexibility index (Phi) is 6.73. The van der Waals surface area contributed by atoms with E-state index < -0.39 is 5.97 Å². The van der Waals surface area contributed by atoms with E-state index in [-0.39, 0.29) is 42.0 Å². The lowest BCUT2D eigenvalue weighted by atomic mass is 10.2. The summed E-state index contributed by atoms with van der Waals surface area (Å²) in [5, 5.41) is 2.80. The van der Waals surface area contributed by atoms with Gasteiger partial charge in [-0.15, -0.1) is 11.8 Å². The van der Waals surface area contributed by atoms with E-state index in [1.807, 2.05) is 13.8 Å². The zero-order chi connectivity index (χ0) is 19.1. The molecule has 26 heavy (non-hydrogen) atoms. The van der Waals surface area contributed by atoms with Crippen molar-refractivity contribution in [2.45, 2.75) is 31.4 Å². The van der Waals surface area contributed by atoms with E-state index in [0.29, 0.717) is 10.5 Å². The zero-order valence-corrected chi connectivity index (χ0v) is 15.2. The highest BCUT2D eigenvalue weighted by atomic mass is 32.2. The number of nitrogens with one attached hydrogen (secondary N) is 1. The van der Waals surface area contributed by atoms with Crippen molar-refractivity contribution in [3.05, 3.63) is 35.7 Å². The molecule has 0 aliphatic carbocycles. The molecule has 0 atom stereocenters. The molecule has 0 radical (unpaired) electrons. The van der Waals surface area contributed by atoms with Crippen LogP contribution >= 0.6 is 11.8 Å². The number of anilines is 2. The molecule has 0 fully saturated rings. The number of nitrogens with two attached hydrogens (primary N) is 2. The van der Waals surface area contributed by atoms with E-state index >= 15 is 0 Å². The fourth-order valence-corrected chi connectivity index (χ4v) is 2.85. The lowest BCUT2D eigenvalue weighted by Gasteiger charge is -2.10. The molecule has 0 spiro atoms. The van der Waals surface area contributed by atoms with Gasteiger partial charge in [-0.05, 0) is 26.0 Å². The average molecular weight is 376 g/mol. The lowest BCUT2D eigenvalue weighted by Crippen LogP contribution is -2.31. The summed E-state index contributed by atoms with van der Waals surface area (Å²) in [7, 11) is 0. The monoisotopic (exact) mass is 376 g/mol. The molecule has 2 rings (SSSR count). The van der Waals surface area contributed by atoms with Gasteiger partial charge in [-0.3, -0.25) is 4.79 Å². The lowest BCUT2D eigenvalue weighted by molar-refractivity contribution is -0.119. The minimum absolute atomic E-state index is 0.0457. The molecule has 9 nitrogen and oxygen atoms in total. The largest absolute Gasteiger partial charge is 0.454 e. The maximum atomic E-state index is 12.4. The molecule has 0 aliphatic rings. The summed E-state index contributed by atoms with van der Waals surface area (Å²) in [6.45, 7) is 3.58. The van der Waals surface area contributed by atoms with Gasteiger partial charge in [0, 0.05) is 10.9 Å². The minimum atomic E-state index is -0.560. The molecule has 10 heteroatoms. The van der Waals surface area contributed by atoms with Gasteiger partial charge in [-0.1, -0.05) is 12.1 Å². The number of amides is 1. The maximum absolute atomic E-state index is 12.4. The van der Waals surface area contributed by atoms with Crippen molar-refractivity contribution in [3.63, 3.8) is 0 Å². The third kappa shape index (κ3) is 5.88. The highest BCUT2D eigenvalue weighted by Gasteiger charge is 2.15. The number of ether oxygens (including phenoxy) is 1. The Balaban J connectivity index is 2.01. The normalized spacial score (nSPS) is 10.6. The van der Waals surface area contributed by atoms with E-state index in [4.69, 9.17) is 16.2 Å². The van der Waals surface area contributed by atoms with Crippen LogP contribution in [0.3, 0.4) is 0 Å². The van der Waals surface area contributed by atoms with E-state index in [0.717, 1.165) is 0 Å². The van der Waals surface area contributed by atoms with Gasteiger partial charge in [-0.25, -0.2) is 4.79 Å². The first kappa shape index (κ1) is 19.4. The third-order valence-electron chi connectivity index (χ3n) is 2.96. The number of rotatable bonds is 7. The number of thioether (sulfide) groups is 1. The van der Waals surface area contributed by atoms with Crippen LogP contribution < -0.4 is 16.8 Å². The Morgan fingerprint density at radius 2 is 1.81 bits per heavy atom. The highest BCUT2D eigenvalue weighted by molar-refractivity contribution is 8.00. The van der Waals surface area contributed by atoms with Crippen molar-refractivity contribution in [3.8, 4) is 0 Å². The van der Waals surface area contributed by atoms with Gasteiger partial charge in [-0.2, -0.15) is 15.0 Å². The minimum Gasteiger partial charge on any atom is -0.454 e. The van der Waals surface area contributed by atoms with Crippen LogP contribution in [0.25, 0.3) is 0 Å². The second-order valence-electron chi connectivity index (χ2n) is 5.55. The Morgan fingerprint density at radius 3 is 2.46 bits per heavy atom. The van der Waals surface area contributed by atoms with Gasteiger partial charge in [0.05, 0.1) is 11.3 Å². The van der Waals surface area contributed by atoms with Crippen LogP contribution in [0.2, 0.25) is 0 Å². The number of nitrogen functional groups attached to an aromatic ring is 2. The first-order valence-electron chi connectivity index (χ1n) is 7.79. The number of aromatic nitrogens is 3. The Morgan fingerprint density at radius 1 is 1.15 bits per heavy atom. The Hall–Kier alpha value is -2.88. The van der Waals surface area contributed by atoms with Crippen molar-refractivity contribution >= 4 is 35.5 Å². The summed E-state index contributed by atoms with van der Waals surface area (Å²) in [6, 6.07) is 6.94. The molecular weight excluding hydrogens is 356 g/mol. The highest BCUT2D eigenvalue weighted by Crippen LogP contribution is 2.23. The predicted octanol–water partition coefficient (Wildman–Crippen LogP) is 1.01.